The second-order valence-corrected chi connectivity index (χ2v) is 6.74. The Kier molecular flexibility index (Phi) is 3.98. The molecule has 0 unspecified atom stereocenters. The largest absolute Gasteiger partial charge is 0.351 e. The van der Waals surface area contributed by atoms with E-state index in [0.717, 1.165) is 40.5 Å². The SMILES string of the molecule is Cc1cc(C(=O)NCC2(CCBr)CC2)c2ccccc2n1. The molecule has 0 bridgehead atoms. The first-order valence-corrected chi connectivity index (χ1v) is 8.46. The average Bonchev–Trinajstić information content (AvgIpc) is 3.24. The lowest BCUT2D eigenvalue weighted by molar-refractivity contribution is 0.0946. The van der Waals surface area contributed by atoms with E-state index in [1.165, 1.54) is 12.8 Å². The van der Waals surface area contributed by atoms with Crippen LogP contribution in [-0.4, -0.2) is 22.8 Å². The van der Waals surface area contributed by atoms with E-state index in [4.69, 9.17) is 0 Å². The molecular formula is C17H19BrN2O. The van der Waals surface area contributed by atoms with Gasteiger partial charge in [-0.3, -0.25) is 9.78 Å². The number of alkyl halides is 1. The molecule has 1 aromatic carbocycles. The number of pyridine rings is 1. The summed E-state index contributed by atoms with van der Waals surface area (Å²) in [5.74, 6) is 0.0116. The Bertz CT molecular complexity index is 680. The molecule has 0 aliphatic heterocycles. The van der Waals surface area contributed by atoms with Gasteiger partial charge in [-0.25, -0.2) is 0 Å². The first-order valence-electron chi connectivity index (χ1n) is 7.34. The van der Waals surface area contributed by atoms with Crippen molar-refractivity contribution in [1.82, 2.24) is 10.3 Å². The van der Waals surface area contributed by atoms with Crippen molar-refractivity contribution >= 4 is 32.7 Å². The fraction of sp³-hybridized carbons (Fsp3) is 0.412. The smallest absolute Gasteiger partial charge is 0.252 e. The molecule has 1 N–H and O–H groups in total. The number of halogens is 1. The molecule has 1 aliphatic rings. The highest BCUT2D eigenvalue weighted by atomic mass is 79.9. The quantitative estimate of drug-likeness (QED) is 0.835. The maximum atomic E-state index is 12.5. The summed E-state index contributed by atoms with van der Waals surface area (Å²) in [4.78, 5) is 17.0. The summed E-state index contributed by atoms with van der Waals surface area (Å²) < 4.78 is 0. The van der Waals surface area contributed by atoms with Crippen molar-refractivity contribution in [3.63, 3.8) is 0 Å². The van der Waals surface area contributed by atoms with Crippen LogP contribution in [0.2, 0.25) is 0 Å². The molecule has 3 rings (SSSR count). The van der Waals surface area contributed by atoms with Crippen LogP contribution in [0.5, 0.6) is 0 Å². The molecule has 2 aromatic rings. The minimum atomic E-state index is 0.0116. The van der Waals surface area contributed by atoms with E-state index in [0.29, 0.717) is 5.41 Å². The molecular weight excluding hydrogens is 328 g/mol. The lowest BCUT2D eigenvalue weighted by Gasteiger charge is -2.15. The van der Waals surface area contributed by atoms with Crippen LogP contribution in [0, 0.1) is 12.3 Å². The number of carbonyl (C=O) groups is 1. The normalized spacial score (nSPS) is 15.9. The summed E-state index contributed by atoms with van der Waals surface area (Å²) in [6, 6.07) is 9.69. The Labute approximate surface area is 133 Å². The number of para-hydroxylation sites is 1. The summed E-state index contributed by atoms with van der Waals surface area (Å²) in [5, 5.41) is 5.04. The Morgan fingerprint density at radius 1 is 1.38 bits per heavy atom. The van der Waals surface area contributed by atoms with Gasteiger partial charge in [0, 0.05) is 23.0 Å². The first kappa shape index (κ1) is 14.5. The highest BCUT2D eigenvalue weighted by Gasteiger charge is 2.41. The summed E-state index contributed by atoms with van der Waals surface area (Å²) in [5.41, 5.74) is 2.81. The molecule has 1 heterocycles. The minimum Gasteiger partial charge on any atom is -0.351 e. The Morgan fingerprint density at radius 2 is 2.14 bits per heavy atom. The van der Waals surface area contributed by atoms with Gasteiger partial charge in [0.05, 0.1) is 11.1 Å². The average molecular weight is 347 g/mol. The number of aromatic nitrogens is 1. The highest BCUT2D eigenvalue weighted by Crippen LogP contribution is 2.48. The van der Waals surface area contributed by atoms with Gasteiger partial charge >= 0.3 is 0 Å². The Hall–Kier alpha value is -1.42. The third-order valence-corrected chi connectivity index (χ3v) is 4.69. The summed E-state index contributed by atoms with van der Waals surface area (Å²) >= 11 is 3.50. The van der Waals surface area contributed by atoms with Gasteiger partial charge in [0.15, 0.2) is 0 Å². The number of rotatable bonds is 5. The van der Waals surface area contributed by atoms with E-state index in [-0.39, 0.29) is 5.91 Å². The van der Waals surface area contributed by atoms with E-state index >= 15 is 0 Å². The maximum absolute atomic E-state index is 12.5. The molecule has 1 saturated carbocycles. The number of hydrogen-bond donors (Lipinski definition) is 1. The molecule has 3 nitrogen and oxygen atoms in total. The molecule has 0 atom stereocenters. The zero-order valence-corrected chi connectivity index (χ0v) is 13.7. The fourth-order valence-electron chi connectivity index (χ4n) is 2.75. The topological polar surface area (TPSA) is 42.0 Å². The van der Waals surface area contributed by atoms with E-state index in [9.17, 15) is 4.79 Å². The molecule has 0 saturated heterocycles. The molecule has 110 valence electrons. The zero-order valence-electron chi connectivity index (χ0n) is 12.2. The third-order valence-electron chi connectivity index (χ3n) is 4.29. The third kappa shape index (κ3) is 3.10. The molecule has 0 spiro atoms. The molecule has 0 radical (unpaired) electrons. The van der Waals surface area contributed by atoms with Gasteiger partial charge in [-0.15, -0.1) is 0 Å². The van der Waals surface area contributed by atoms with E-state index in [1.54, 1.807) is 0 Å². The molecule has 4 heteroatoms. The van der Waals surface area contributed by atoms with Crippen LogP contribution in [0.15, 0.2) is 30.3 Å². The van der Waals surface area contributed by atoms with E-state index in [1.807, 2.05) is 37.3 Å². The van der Waals surface area contributed by atoms with Gasteiger partial charge in [-0.05, 0) is 43.7 Å². The van der Waals surface area contributed by atoms with Gasteiger partial charge < -0.3 is 5.32 Å². The lowest BCUT2D eigenvalue weighted by Crippen LogP contribution is -2.30. The van der Waals surface area contributed by atoms with Gasteiger partial charge in [0.1, 0.15) is 0 Å². The summed E-state index contributed by atoms with van der Waals surface area (Å²) in [6.45, 7) is 2.70. The fourth-order valence-corrected chi connectivity index (χ4v) is 3.59. The van der Waals surface area contributed by atoms with Crippen LogP contribution in [0.3, 0.4) is 0 Å². The van der Waals surface area contributed by atoms with Crippen LogP contribution in [0.25, 0.3) is 10.9 Å². The molecule has 1 amide bonds. The van der Waals surface area contributed by atoms with Crippen molar-refractivity contribution in [3.8, 4) is 0 Å². The van der Waals surface area contributed by atoms with Crippen molar-refractivity contribution in [2.24, 2.45) is 5.41 Å². The second kappa shape index (κ2) is 5.76. The van der Waals surface area contributed by atoms with Gasteiger partial charge in [0.2, 0.25) is 0 Å². The number of nitrogens with zero attached hydrogens (tertiary/aromatic N) is 1. The van der Waals surface area contributed by atoms with Crippen molar-refractivity contribution in [1.29, 1.82) is 0 Å². The highest BCUT2D eigenvalue weighted by molar-refractivity contribution is 9.09. The summed E-state index contributed by atoms with van der Waals surface area (Å²) in [6.07, 6.45) is 3.56. The van der Waals surface area contributed by atoms with Gasteiger partial charge in [-0.2, -0.15) is 0 Å². The van der Waals surface area contributed by atoms with Crippen molar-refractivity contribution in [2.75, 3.05) is 11.9 Å². The molecule has 1 aromatic heterocycles. The number of carbonyl (C=O) groups excluding carboxylic acids is 1. The monoisotopic (exact) mass is 346 g/mol. The standard InChI is InChI=1S/C17H19BrN2O/c1-12-10-14(13-4-2-3-5-15(13)20-12)16(21)19-11-17(6-7-17)8-9-18/h2-5,10H,6-9,11H2,1H3,(H,19,21). The van der Waals surface area contributed by atoms with Crippen LogP contribution < -0.4 is 5.32 Å². The summed E-state index contributed by atoms with van der Waals surface area (Å²) in [7, 11) is 0. The van der Waals surface area contributed by atoms with E-state index in [2.05, 4.69) is 26.2 Å². The number of nitrogens with one attached hydrogen (secondary N) is 1. The minimum absolute atomic E-state index is 0.0116. The number of fused-ring (bicyclic) bond motifs is 1. The van der Waals surface area contributed by atoms with Gasteiger partial charge in [0.25, 0.3) is 5.91 Å². The predicted octanol–water partition coefficient (Wildman–Crippen LogP) is 3.84. The number of amides is 1. The van der Waals surface area contributed by atoms with Crippen LogP contribution in [0.4, 0.5) is 0 Å². The van der Waals surface area contributed by atoms with Crippen molar-refractivity contribution in [3.05, 3.63) is 41.6 Å². The number of aryl methyl sites for hydroxylation is 1. The lowest BCUT2D eigenvalue weighted by atomic mass is 10.0. The Balaban J connectivity index is 1.81. The predicted molar refractivity (Wildman–Crippen MR) is 88.9 cm³/mol. The molecule has 1 fully saturated rings. The van der Waals surface area contributed by atoms with Crippen LogP contribution in [-0.2, 0) is 0 Å². The number of hydrogen-bond acceptors (Lipinski definition) is 2. The van der Waals surface area contributed by atoms with Crippen LogP contribution in [0.1, 0.15) is 35.3 Å². The Morgan fingerprint density at radius 3 is 2.86 bits per heavy atom. The molecule has 21 heavy (non-hydrogen) atoms. The van der Waals surface area contributed by atoms with Crippen LogP contribution >= 0.6 is 15.9 Å². The molecule has 1 aliphatic carbocycles. The van der Waals surface area contributed by atoms with E-state index < -0.39 is 0 Å². The zero-order chi connectivity index (χ0) is 14.9. The maximum Gasteiger partial charge on any atom is 0.252 e. The van der Waals surface area contributed by atoms with Crippen molar-refractivity contribution in [2.45, 2.75) is 26.2 Å². The van der Waals surface area contributed by atoms with Crippen molar-refractivity contribution < 1.29 is 4.79 Å². The first-order chi connectivity index (χ1) is 10.1. The van der Waals surface area contributed by atoms with Gasteiger partial charge in [-0.1, -0.05) is 34.1 Å². The number of benzene rings is 1. The second-order valence-electron chi connectivity index (χ2n) is 5.95.